The van der Waals surface area contributed by atoms with Gasteiger partial charge in [-0.3, -0.25) is 9.48 Å². The van der Waals surface area contributed by atoms with Crippen molar-refractivity contribution < 1.29 is 9.32 Å². The van der Waals surface area contributed by atoms with Crippen molar-refractivity contribution in [3.05, 3.63) is 18.2 Å². The Labute approximate surface area is 146 Å². The number of nitrogens with two attached hydrogens (primary N) is 1. The van der Waals surface area contributed by atoms with Crippen LogP contribution in [0.3, 0.4) is 0 Å². The summed E-state index contributed by atoms with van der Waals surface area (Å²) in [4.78, 5) is 16.6. The van der Waals surface area contributed by atoms with Crippen LogP contribution in [0, 0.1) is 0 Å². The van der Waals surface area contributed by atoms with Crippen LogP contribution in [0.5, 0.6) is 0 Å². The molecule has 0 saturated heterocycles. The van der Waals surface area contributed by atoms with Gasteiger partial charge in [0.25, 0.3) is 5.89 Å². The quantitative estimate of drug-likeness (QED) is 0.854. The molecular weight excluding hydrogens is 320 g/mol. The average molecular weight is 344 g/mol. The number of nitrogens with one attached hydrogen (secondary N) is 1. The summed E-state index contributed by atoms with van der Waals surface area (Å²) in [5.74, 6) is 0.936. The molecule has 0 radical (unpaired) electrons. The fourth-order valence-electron chi connectivity index (χ4n) is 3.55. The number of nitrogens with zero attached hydrogens (tertiary/aromatic N) is 4. The molecule has 2 fully saturated rings. The Bertz CT molecular complexity index is 742. The molecule has 0 bridgehead atoms. The minimum Gasteiger partial charge on any atom is -0.352 e. The molecule has 8 heteroatoms. The lowest BCUT2D eigenvalue weighted by molar-refractivity contribution is -0.122. The normalized spacial score (nSPS) is 20.2. The van der Waals surface area contributed by atoms with Crippen molar-refractivity contribution in [1.29, 1.82) is 0 Å². The summed E-state index contributed by atoms with van der Waals surface area (Å²) in [6.07, 6.45) is 12.0. The summed E-state index contributed by atoms with van der Waals surface area (Å²) in [5, 5.41) is 11.3. The van der Waals surface area contributed by atoms with Crippen LogP contribution in [0.15, 0.2) is 16.9 Å². The van der Waals surface area contributed by atoms with Gasteiger partial charge in [0.15, 0.2) is 5.82 Å². The van der Waals surface area contributed by atoms with E-state index in [1.807, 2.05) is 0 Å². The number of carbonyl (C=O) groups is 1. The zero-order chi connectivity index (χ0) is 17.3. The minimum atomic E-state index is -0.447. The number of aromatic nitrogens is 4. The molecule has 8 nitrogen and oxygen atoms in total. The van der Waals surface area contributed by atoms with E-state index in [0.29, 0.717) is 23.3 Å². The van der Waals surface area contributed by atoms with Gasteiger partial charge in [0.05, 0.1) is 17.3 Å². The summed E-state index contributed by atoms with van der Waals surface area (Å²) in [7, 11) is 0. The van der Waals surface area contributed by atoms with Crippen molar-refractivity contribution in [3.8, 4) is 11.5 Å². The van der Waals surface area contributed by atoms with Crippen LogP contribution < -0.4 is 11.1 Å². The summed E-state index contributed by atoms with van der Waals surface area (Å²) < 4.78 is 6.91. The first-order chi connectivity index (χ1) is 12.1. The maximum atomic E-state index is 12.2. The molecular formula is C17H24N6O2. The molecule has 4 rings (SSSR count). The molecule has 1 amide bonds. The van der Waals surface area contributed by atoms with Gasteiger partial charge in [-0.15, -0.1) is 0 Å². The SMILES string of the molecule is NC1(c2noc(-c3cnn(CC(=O)NC4CCCCC4)c3)n2)CCC1. The van der Waals surface area contributed by atoms with Crippen LogP contribution in [0.4, 0.5) is 0 Å². The maximum Gasteiger partial charge on any atom is 0.261 e. The Balaban J connectivity index is 1.37. The van der Waals surface area contributed by atoms with E-state index in [1.54, 1.807) is 17.1 Å². The third-order valence-electron chi connectivity index (χ3n) is 5.27. The van der Waals surface area contributed by atoms with Crippen LogP contribution >= 0.6 is 0 Å². The highest BCUT2D eigenvalue weighted by atomic mass is 16.5. The molecule has 2 aromatic heterocycles. The Kier molecular flexibility index (Phi) is 4.29. The number of carbonyl (C=O) groups excluding carboxylic acids is 1. The highest BCUT2D eigenvalue weighted by Crippen LogP contribution is 2.37. The summed E-state index contributed by atoms with van der Waals surface area (Å²) in [5.41, 5.74) is 6.47. The molecule has 2 heterocycles. The molecule has 2 aliphatic carbocycles. The van der Waals surface area contributed by atoms with E-state index in [4.69, 9.17) is 10.3 Å². The van der Waals surface area contributed by atoms with Crippen LogP contribution in [0.25, 0.3) is 11.5 Å². The number of hydrogen-bond acceptors (Lipinski definition) is 6. The highest BCUT2D eigenvalue weighted by Gasteiger charge is 2.39. The molecule has 0 unspecified atom stereocenters. The molecule has 0 spiro atoms. The van der Waals surface area contributed by atoms with Gasteiger partial charge >= 0.3 is 0 Å². The predicted octanol–water partition coefficient (Wildman–Crippen LogP) is 1.72. The standard InChI is InChI=1S/C17H24N6O2/c18-17(7-4-8-17)16-21-15(25-22-16)12-9-19-23(10-12)11-14(24)20-13-5-2-1-3-6-13/h9-10,13H,1-8,11,18H2,(H,20,24). The zero-order valence-electron chi connectivity index (χ0n) is 14.3. The molecule has 2 aliphatic rings. The molecule has 0 aromatic carbocycles. The van der Waals surface area contributed by atoms with Crippen molar-refractivity contribution in [1.82, 2.24) is 25.2 Å². The number of hydrogen-bond donors (Lipinski definition) is 2. The van der Waals surface area contributed by atoms with Gasteiger partial charge < -0.3 is 15.6 Å². The van der Waals surface area contributed by atoms with Crippen LogP contribution in [0.2, 0.25) is 0 Å². The van der Waals surface area contributed by atoms with Crippen molar-refractivity contribution in [2.75, 3.05) is 0 Å². The van der Waals surface area contributed by atoms with E-state index in [2.05, 4.69) is 20.6 Å². The lowest BCUT2D eigenvalue weighted by Crippen LogP contribution is -2.44. The topological polar surface area (TPSA) is 112 Å². The van der Waals surface area contributed by atoms with Gasteiger partial charge in [-0.2, -0.15) is 10.1 Å². The molecule has 2 aromatic rings. The lowest BCUT2D eigenvalue weighted by Gasteiger charge is -2.34. The summed E-state index contributed by atoms with van der Waals surface area (Å²) in [6, 6.07) is 0.304. The second kappa shape index (κ2) is 6.59. The van der Waals surface area contributed by atoms with E-state index in [9.17, 15) is 4.79 Å². The fraction of sp³-hybridized carbons (Fsp3) is 0.647. The van der Waals surface area contributed by atoms with E-state index >= 15 is 0 Å². The molecule has 25 heavy (non-hydrogen) atoms. The van der Waals surface area contributed by atoms with Crippen LogP contribution in [-0.4, -0.2) is 31.9 Å². The Morgan fingerprint density at radius 1 is 1.32 bits per heavy atom. The lowest BCUT2D eigenvalue weighted by atomic mass is 9.77. The maximum absolute atomic E-state index is 12.2. The molecule has 0 atom stereocenters. The van der Waals surface area contributed by atoms with Crippen molar-refractivity contribution in [3.63, 3.8) is 0 Å². The summed E-state index contributed by atoms with van der Waals surface area (Å²) >= 11 is 0. The van der Waals surface area contributed by atoms with Gasteiger partial charge in [0.1, 0.15) is 6.54 Å². The zero-order valence-corrected chi connectivity index (χ0v) is 14.3. The van der Waals surface area contributed by atoms with Gasteiger partial charge in [0, 0.05) is 12.2 Å². The van der Waals surface area contributed by atoms with Gasteiger partial charge in [-0.1, -0.05) is 24.4 Å². The molecule has 0 aliphatic heterocycles. The number of rotatable bonds is 5. The minimum absolute atomic E-state index is 0.0110. The van der Waals surface area contributed by atoms with Crippen LogP contribution in [-0.2, 0) is 16.9 Å². The summed E-state index contributed by atoms with van der Waals surface area (Å²) in [6.45, 7) is 0.193. The fourth-order valence-corrected chi connectivity index (χ4v) is 3.55. The third-order valence-corrected chi connectivity index (χ3v) is 5.27. The first-order valence-electron chi connectivity index (χ1n) is 9.08. The van der Waals surface area contributed by atoms with E-state index < -0.39 is 5.54 Å². The first kappa shape index (κ1) is 16.3. The monoisotopic (exact) mass is 344 g/mol. The molecule has 2 saturated carbocycles. The second-order valence-electron chi connectivity index (χ2n) is 7.26. The van der Waals surface area contributed by atoms with Gasteiger partial charge in [0.2, 0.25) is 5.91 Å². The highest BCUT2D eigenvalue weighted by molar-refractivity contribution is 5.76. The molecule has 134 valence electrons. The van der Waals surface area contributed by atoms with Gasteiger partial charge in [-0.05, 0) is 32.1 Å². The van der Waals surface area contributed by atoms with E-state index in [-0.39, 0.29) is 12.5 Å². The molecule has 3 N–H and O–H groups in total. The van der Waals surface area contributed by atoms with Crippen molar-refractivity contribution in [2.45, 2.75) is 69.5 Å². The Morgan fingerprint density at radius 2 is 2.12 bits per heavy atom. The van der Waals surface area contributed by atoms with Crippen molar-refractivity contribution in [2.24, 2.45) is 5.73 Å². The first-order valence-corrected chi connectivity index (χ1v) is 9.08. The predicted molar refractivity (Wildman–Crippen MR) is 90.3 cm³/mol. The Morgan fingerprint density at radius 3 is 2.84 bits per heavy atom. The number of amides is 1. The second-order valence-corrected chi connectivity index (χ2v) is 7.26. The Hall–Kier alpha value is -2.22. The largest absolute Gasteiger partial charge is 0.352 e. The average Bonchev–Trinajstić information content (AvgIpc) is 3.22. The van der Waals surface area contributed by atoms with E-state index in [0.717, 1.165) is 32.1 Å². The van der Waals surface area contributed by atoms with Crippen LogP contribution in [0.1, 0.15) is 57.2 Å². The van der Waals surface area contributed by atoms with Crippen molar-refractivity contribution >= 4 is 5.91 Å². The third kappa shape index (κ3) is 3.44. The smallest absolute Gasteiger partial charge is 0.261 e. The van der Waals surface area contributed by atoms with E-state index in [1.165, 1.54) is 19.3 Å². The van der Waals surface area contributed by atoms with Gasteiger partial charge in [-0.25, -0.2) is 0 Å².